The summed E-state index contributed by atoms with van der Waals surface area (Å²) in [5, 5.41) is 0. The van der Waals surface area contributed by atoms with Gasteiger partial charge in [-0.05, 0) is 18.2 Å². The molecule has 0 heterocycles. The van der Waals surface area contributed by atoms with Crippen molar-refractivity contribution < 1.29 is 18.7 Å². The minimum Gasteiger partial charge on any atom is -0.461 e. The van der Waals surface area contributed by atoms with Gasteiger partial charge in [-0.1, -0.05) is 6.92 Å². The number of hydrogen-bond acceptors (Lipinski definition) is 4. The minimum absolute atomic E-state index is 0.183. The first-order chi connectivity index (χ1) is 7.91. The van der Waals surface area contributed by atoms with E-state index in [9.17, 15) is 14.0 Å². The molecule has 0 fully saturated rings. The van der Waals surface area contributed by atoms with Crippen LogP contribution in [-0.4, -0.2) is 18.5 Å². The molecule has 0 bridgehead atoms. The van der Waals surface area contributed by atoms with Crippen molar-refractivity contribution >= 4 is 17.6 Å². The number of primary amides is 1. The first kappa shape index (κ1) is 13.0. The normalized spacial score (nSPS) is 11.9. The average molecular weight is 240 g/mol. The van der Waals surface area contributed by atoms with Gasteiger partial charge < -0.3 is 16.2 Å². The summed E-state index contributed by atoms with van der Waals surface area (Å²) in [6, 6.07) is 3.63. The molecule has 1 amide bonds. The highest BCUT2D eigenvalue weighted by Gasteiger charge is 2.16. The van der Waals surface area contributed by atoms with Gasteiger partial charge in [-0.25, -0.2) is 9.18 Å². The number of esters is 1. The van der Waals surface area contributed by atoms with Crippen molar-refractivity contribution in [2.75, 3.05) is 12.3 Å². The van der Waals surface area contributed by atoms with E-state index in [1.54, 1.807) is 0 Å². The second kappa shape index (κ2) is 5.29. The lowest BCUT2D eigenvalue weighted by molar-refractivity contribution is -0.122. The van der Waals surface area contributed by atoms with Crippen molar-refractivity contribution in [2.24, 2.45) is 11.7 Å². The van der Waals surface area contributed by atoms with Crippen molar-refractivity contribution in [1.82, 2.24) is 0 Å². The fourth-order valence-corrected chi connectivity index (χ4v) is 1.06. The molecule has 0 spiro atoms. The molecule has 0 aromatic heterocycles. The standard InChI is InChI=1S/C11H13FN2O3/c1-6(10(14)15)5-17-11(16)8-3-2-7(13)4-9(8)12/h2-4,6H,5,13H2,1H3,(H2,14,15). The molecule has 17 heavy (non-hydrogen) atoms. The van der Waals surface area contributed by atoms with Crippen molar-refractivity contribution in [3.8, 4) is 0 Å². The van der Waals surface area contributed by atoms with Gasteiger partial charge in [0.1, 0.15) is 12.4 Å². The van der Waals surface area contributed by atoms with E-state index in [2.05, 4.69) is 0 Å². The van der Waals surface area contributed by atoms with Crippen molar-refractivity contribution in [3.05, 3.63) is 29.6 Å². The second-order valence-corrected chi connectivity index (χ2v) is 3.64. The smallest absolute Gasteiger partial charge is 0.341 e. The maximum Gasteiger partial charge on any atom is 0.341 e. The Morgan fingerprint density at radius 3 is 2.65 bits per heavy atom. The fourth-order valence-electron chi connectivity index (χ4n) is 1.06. The zero-order valence-electron chi connectivity index (χ0n) is 9.27. The molecule has 6 heteroatoms. The third-order valence-electron chi connectivity index (χ3n) is 2.16. The van der Waals surface area contributed by atoms with E-state index >= 15 is 0 Å². The highest BCUT2D eigenvalue weighted by atomic mass is 19.1. The first-order valence-corrected chi connectivity index (χ1v) is 4.93. The maximum atomic E-state index is 13.3. The Labute approximate surface area is 97.5 Å². The van der Waals surface area contributed by atoms with Gasteiger partial charge >= 0.3 is 5.97 Å². The molecule has 5 nitrogen and oxygen atoms in total. The van der Waals surface area contributed by atoms with Gasteiger partial charge in [0.15, 0.2) is 0 Å². The molecule has 1 unspecified atom stereocenters. The number of rotatable bonds is 4. The van der Waals surface area contributed by atoms with Crippen LogP contribution in [0.4, 0.5) is 10.1 Å². The minimum atomic E-state index is -0.851. The Morgan fingerprint density at radius 1 is 1.47 bits per heavy atom. The van der Waals surface area contributed by atoms with E-state index in [0.717, 1.165) is 6.07 Å². The molecule has 0 aliphatic heterocycles. The van der Waals surface area contributed by atoms with E-state index in [1.807, 2.05) is 0 Å². The van der Waals surface area contributed by atoms with Gasteiger partial charge in [-0.15, -0.1) is 0 Å². The van der Waals surface area contributed by atoms with Crippen molar-refractivity contribution in [3.63, 3.8) is 0 Å². The zero-order chi connectivity index (χ0) is 13.0. The summed E-state index contributed by atoms with van der Waals surface area (Å²) in [6.07, 6.45) is 0. The lowest BCUT2D eigenvalue weighted by atomic mass is 10.2. The van der Waals surface area contributed by atoms with Crippen LogP contribution in [0, 0.1) is 11.7 Å². The summed E-state index contributed by atoms with van der Waals surface area (Å²) < 4.78 is 18.1. The predicted molar refractivity (Wildman–Crippen MR) is 59.5 cm³/mol. The van der Waals surface area contributed by atoms with Crippen molar-refractivity contribution in [2.45, 2.75) is 6.92 Å². The Morgan fingerprint density at radius 2 is 2.12 bits per heavy atom. The maximum absolute atomic E-state index is 13.3. The van der Waals surface area contributed by atoms with E-state index in [0.29, 0.717) is 0 Å². The molecule has 1 aromatic rings. The van der Waals surface area contributed by atoms with Crippen LogP contribution in [0.1, 0.15) is 17.3 Å². The van der Waals surface area contributed by atoms with Gasteiger partial charge in [0.2, 0.25) is 5.91 Å². The van der Waals surface area contributed by atoms with E-state index in [-0.39, 0.29) is 17.9 Å². The van der Waals surface area contributed by atoms with E-state index in [1.165, 1.54) is 19.1 Å². The van der Waals surface area contributed by atoms with Gasteiger partial charge in [-0.2, -0.15) is 0 Å². The number of nitrogen functional groups attached to an aromatic ring is 1. The summed E-state index contributed by atoms with van der Waals surface area (Å²) in [5.41, 5.74) is 10.3. The summed E-state index contributed by atoms with van der Waals surface area (Å²) >= 11 is 0. The number of hydrogen-bond donors (Lipinski definition) is 2. The number of carbonyl (C=O) groups is 2. The second-order valence-electron chi connectivity index (χ2n) is 3.64. The Balaban J connectivity index is 2.67. The quantitative estimate of drug-likeness (QED) is 0.597. The van der Waals surface area contributed by atoms with Crippen LogP contribution in [0.15, 0.2) is 18.2 Å². The van der Waals surface area contributed by atoms with Crippen LogP contribution in [0.2, 0.25) is 0 Å². The lowest BCUT2D eigenvalue weighted by Crippen LogP contribution is -2.26. The topological polar surface area (TPSA) is 95.4 Å². The molecule has 0 saturated heterocycles. The highest BCUT2D eigenvalue weighted by molar-refractivity contribution is 5.90. The molecule has 0 aliphatic carbocycles. The third kappa shape index (κ3) is 3.44. The Hall–Kier alpha value is -2.11. The Bertz CT molecular complexity index is 448. The first-order valence-electron chi connectivity index (χ1n) is 4.93. The number of benzene rings is 1. The fraction of sp³-hybridized carbons (Fsp3) is 0.273. The SMILES string of the molecule is CC(COC(=O)c1ccc(N)cc1F)C(N)=O. The molecular formula is C11H13FN2O3. The van der Waals surface area contributed by atoms with E-state index in [4.69, 9.17) is 16.2 Å². The van der Waals surface area contributed by atoms with Gasteiger partial charge in [0.25, 0.3) is 0 Å². The van der Waals surface area contributed by atoms with Crippen LogP contribution in [-0.2, 0) is 9.53 Å². The molecular weight excluding hydrogens is 227 g/mol. The molecule has 0 radical (unpaired) electrons. The number of amides is 1. The molecule has 92 valence electrons. The van der Waals surface area contributed by atoms with Gasteiger partial charge in [0.05, 0.1) is 11.5 Å². The molecule has 0 aliphatic rings. The van der Waals surface area contributed by atoms with Gasteiger partial charge in [0, 0.05) is 5.69 Å². The Kier molecular flexibility index (Phi) is 4.03. The number of carbonyl (C=O) groups excluding carboxylic acids is 2. The van der Waals surface area contributed by atoms with E-state index < -0.39 is 23.6 Å². The van der Waals surface area contributed by atoms with Gasteiger partial charge in [-0.3, -0.25) is 4.79 Å². The zero-order valence-corrected chi connectivity index (χ0v) is 9.27. The number of nitrogens with two attached hydrogens (primary N) is 2. The molecule has 1 aromatic carbocycles. The monoisotopic (exact) mass is 240 g/mol. The molecule has 1 atom stereocenters. The largest absolute Gasteiger partial charge is 0.461 e. The lowest BCUT2D eigenvalue weighted by Gasteiger charge is -2.09. The molecule has 4 N–H and O–H groups in total. The summed E-state index contributed by atoms with van der Waals surface area (Å²) in [7, 11) is 0. The summed E-state index contributed by atoms with van der Waals surface area (Å²) in [6.45, 7) is 1.33. The average Bonchev–Trinajstić information content (AvgIpc) is 2.25. The molecule has 0 saturated carbocycles. The summed E-state index contributed by atoms with van der Waals surface area (Å²) in [5.74, 6) is -2.82. The summed E-state index contributed by atoms with van der Waals surface area (Å²) in [4.78, 5) is 22.1. The number of ether oxygens (including phenoxy) is 1. The molecule has 1 rings (SSSR count). The van der Waals surface area contributed by atoms with Crippen LogP contribution in [0.25, 0.3) is 0 Å². The predicted octanol–water partition coefficient (Wildman–Crippen LogP) is 0.686. The highest BCUT2D eigenvalue weighted by Crippen LogP contribution is 2.13. The van der Waals surface area contributed by atoms with Crippen LogP contribution in [0.3, 0.4) is 0 Å². The van der Waals surface area contributed by atoms with Crippen molar-refractivity contribution in [1.29, 1.82) is 0 Å². The number of anilines is 1. The van der Waals surface area contributed by atoms with Crippen LogP contribution in [0.5, 0.6) is 0 Å². The number of halogens is 1. The van der Waals surface area contributed by atoms with Crippen LogP contribution < -0.4 is 11.5 Å². The van der Waals surface area contributed by atoms with Crippen LogP contribution >= 0.6 is 0 Å². The third-order valence-corrected chi connectivity index (χ3v) is 2.16.